The van der Waals surface area contributed by atoms with Gasteiger partial charge in [-0.25, -0.2) is 0 Å². The summed E-state index contributed by atoms with van der Waals surface area (Å²) in [6.45, 7) is 0. The Hall–Kier alpha value is -3.78. The minimum Gasteiger partial charge on any atom is -0.497 e. The summed E-state index contributed by atoms with van der Waals surface area (Å²) in [6.07, 6.45) is 0. The predicted octanol–water partition coefficient (Wildman–Crippen LogP) is 4.71. The van der Waals surface area contributed by atoms with Gasteiger partial charge in [-0.1, -0.05) is 42.1 Å². The smallest absolute Gasteiger partial charge is 0.237 e. The van der Waals surface area contributed by atoms with Crippen LogP contribution >= 0.6 is 11.8 Å². The fraction of sp³-hybridized carbons (Fsp3) is 0.160. The fourth-order valence-corrected chi connectivity index (χ4v) is 4.22. The Bertz CT molecular complexity index is 1230. The molecule has 1 heterocycles. The van der Waals surface area contributed by atoms with Gasteiger partial charge in [0.05, 0.1) is 31.2 Å². The third-order valence-electron chi connectivity index (χ3n) is 5.15. The maximum atomic E-state index is 12.8. The summed E-state index contributed by atoms with van der Waals surface area (Å²) in [5, 5.41) is 9.47. The first-order chi connectivity index (χ1) is 16.1. The van der Waals surface area contributed by atoms with E-state index in [-0.39, 0.29) is 11.7 Å². The predicted molar refractivity (Wildman–Crippen MR) is 130 cm³/mol. The van der Waals surface area contributed by atoms with Gasteiger partial charge in [0.15, 0.2) is 11.0 Å². The van der Waals surface area contributed by atoms with Gasteiger partial charge in [0.1, 0.15) is 11.5 Å². The normalized spacial score (nSPS) is 10.6. The maximum absolute atomic E-state index is 12.8. The van der Waals surface area contributed by atoms with Crippen molar-refractivity contribution in [1.29, 1.82) is 0 Å². The van der Waals surface area contributed by atoms with Gasteiger partial charge < -0.3 is 14.4 Å². The zero-order valence-corrected chi connectivity index (χ0v) is 19.5. The van der Waals surface area contributed by atoms with Gasteiger partial charge in [0.2, 0.25) is 5.91 Å². The van der Waals surface area contributed by atoms with E-state index < -0.39 is 0 Å². The van der Waals surface area contributed by atoms with Crippen LogP contribution in [0.15, 0.2) is 84.0 Å². The number of thioether (sulfide) groups is 1. The highest BCUT2D eigenvalue weighted by atomic mass is 32.2. The van der Waals surface area contributed by atoms with Gasteiger partial charge in [0.25, 0.3) is 0 Å². The van der Waals surface area contributed by atoms with Crippen LogP contribution in [-0.2, 0) is 4.79 Å². The maximum Gasteiger partial charge on any atom is 0.237 e. The summed E-state index contributed by atoms with van der Waals surface area (Å²) in [4.78, 5) is 14.5. The number of hydrogen-bond acceptors (Lipinski definition) is 6. The van der Waals surface area contributed by atoms with Crippen LogP contribution in [0.1, 0.15) is 0 Å². The number of rotatable bonds is 8. The Morgan fingerprint density at radius 2 is 1.61 bits per heavy atom. The molecule has 8 heteroatoms. The van der Waals surface area contributed by atoms with Crippen molar-refractivity contribution in [2.75, 3.05) is 31.9 Å². The van der Waals surface area contributed by atoms with E-state index in [0.29, 0.717) is 16.7 Å². The van der Waals surface area contributed by atoms with Crippen LogP contribution in [0.4, 0.5) is 5.69 Å². The molecule has 0 saturated heterocycles. The van der Waals surface area contributed by atoms with Gasteiger partial charge in [-0.05, 0) is 48.5 Å². The minimum atomic E-state index is -0.0330. The second-order valence-electron chi connectivity index (χ2n) is 7.12. The molecule has 0 radical (unpaired) electrons. The molecular formula is C25H24N4O3S. The van der Waals surface area contributed by atoms with E-state index in [2.05, 4.69) is 10.2 Å². The molecule has 0 unspecified atom stereocenters. The molecular weight excluding hydrogens is 436 g/mol. The lowest BCUT2D eigenvalue weighted by molar-refractivity contribution is -0.115. The van der Waals surface area contributed by atoms with E-state index in [1.807, 2.05) is 83.4 Å². The second kappa shape index (κ2) is 10.2. The number of benzene rings is 3. The van der Waals surface area contributed by atoms with Crippen molar-refractivity contribution >= 4 is 23.4 Å². The number of para-hydroxylation sites is 2. The minimum absolute atomic E-state index is 0.0330. The van der Waals surface area contributed by atoms with Crippen LogP contribution in [0.2, 0.25) is 0 Å². The molecule has 0 atom stereocenters. The van der Waals surface area contributed by atoms with Gasteiger partial charge in [0, 0.05) is 12.7 Å². The van der Waals surface area contributed by atoms with Crippen LogP contribution in [0, 0.1) is 0 Å². The summed E-state index contributed by atoms with van der Waals surface area (Å²) < 4.78 is 12.8. The van der Waals surface area contributed by atoms with Crippen molar-refractivity contribution in [3.8, 4) is 28.6 Å². The Morgan fingerprint density at radius 1 is 0.909 bits per heavy atom. The SMILES string of the molecule is COc1ccc(-n2c(SCC(=O)N(C)c3ccccc3)nnc2-c2ccccc2OC)cc1. The topological polar surface area (TPSA) is 69.5 Å². The van der Waals surface area contributed by atoms with E-state index in [4.69, 9.17) is 9.47 Å². The van der Waals surface area contributed by atoms with Gasteiger partial charge in [-0.15, -0.1) is 10.2 Å². The number of anilines is 1. The molecule has 0 spiro atoms. The van der Waals surface area contributed by atoms with Crippen LogP contribution in [-0.4, -0.2) is 47.7 Å². The third-order valence-corrected chi connectivity index (χ3v) is 6.07. The molecule has 0 fully saturated rings. The number of hydrogen-bond donors (Lipinski definition) is 0. The van der Waals surface area contributed by atoms with E-state index in [1.54, 1.807) is 26.2 Å². The molecule has 0 N–H and O–H groups in total. The summed E-state index contributed by atoms with van der Waals surface area (Å²) in [5.74, 6) is 2.25. The number of amides is 1. The zero-order chi connectivity index (χ0) is 23.2. The van der Waals surface area contributed by atoms with Crippen molar-refractivity contribution in [2.45, 2.75) is 5.16 Å². The molecule has 0 aliphatic rings. The highest BCUT2D eigenvalue weighted by molar-refractivity contribution is 7.99. The zero-order valence-electron chi connectivity index (χ0n) is 18.6. The number of aromatic nitrogens is 3. The van der Waals surface area contributed by atoms with Crippen LogP contribution in [0.3, 0.4) is 0 Å². The highest BCUT2D eigenvalue weighted by Gasteiger charge is 2.21. The lowest BCUT2D eigenvalue weighted by Crippen LogP contribution is -2.27. The summed E-state index contributed by atoms with van der Waals surface area (Å²) in [7, 11) is 5.03. The Labute approximate surface area is 197 Å². The molecule has 168 valence electrons. The molecule has 1 amide bonds. The quantitative estimate of drug-likeness (QED) is 0.355. The fourth-order valence-electron chi connectivity index (χ4n) is 3.35. The first-order valence-corrected chi connectivity index (χ1v) is 11.3. The molecule has 33 heavy (non-hydrogen) atoms. The highest BCUT2D eigenvalue weighted by Crippen LogP contribution is 2.33. The Balaban J connectivity index is 1.67. The number of ether oxygens (including phenoxy) is 2. The number of carbonyl (C=O) groups is 1. The molecule has 0 aliphatic heterocycles. The monoisotopic (exact) mass is 460 g/mol. The molecule has 0 bridgehead atoms. The number of nitrogens with zero attached hydrogens (tertiary/aromatic N) is 4. The molecule has 4 rings (SSSR count). The molecule has 0 saturated carbocycles. The molecule has 3 aromatic carbocycles. The Morgan fingerprint density at radius 3 is 2.30 bits per heavy atom. The van der Waals surface area contributed by atoms with E-state index in [0.717, 1.165) is 22.7 Å². The lowest BCUT2D eigenvalue weighted by Gasteiger charge is -2.17. The van der Waals surface area contributed by atoms with E-state index in [9.17, 15) is 4.79 Å². The van der Waals surface area contributed by atoms with Crippen LogP contribution in [0.25, 0.3) is 17.1 Å². The first kappa shape index (κ1) is 22.4. The average Bonchev–Trinajstić information content (AvgIpc) is 3.31. The first-order valence-electron chi connectivity index (χ1n) is 10.3. The molecule has 4 aromatic rings. The van der Waals surface area contributed by atoms with Crippen molar-refractivity contribution in [3.05, 3.63) is 78.9 Å². The van der Waals surface area contributed by atoms with E-state index in [1.165, 1.54) is 11.8 Å². The van der Waals surface area contributed by atoms with Crippen molar-refractivity contribution in [2.24, 2.45) is 0 Å². The number of methoxy groups -OCH3 is 2. The van der Waals surface area contributed by atoms with E-state index >= 15 is 0 Å². The molecule has 0 aliphatic carbocycles. The molecule has 7 nitrogen and oxygen atoms in total. The third kappa shape index (κ3) is 4.85. The lowest BCUT2D eigenvalue weighted by atomic mass is 10.2. The van der Waals surface area contributed by atoms with Gasteiger partial charge in [-0.2, -0.15) is 0 Å². The van der Waals surface area contributed by atoms with Crippen LogP contribution in [0.5, 0.6) is 11.5 Å². The van der Waals surface area contributed by atoms with Crippen LogP contribution < -0.4 is 14.4 Å². The second-order valence-corrected chi connectivity index (χ2v) is 8.06. The average molecular weight is 461 g/mol. The largest absolute Gasteiger partial charge is 0.497 e. The Kier molecular flexibility index (Phi) is 6.95. The summed E-state index contributed by atoms with van der Waals surface area (Å²) in [5.41, 5.74) is 2.50. The molecule has 1 aromatic heterocycles. The number of carbonyl (C=O) groups excluding carboxylic acids is 1. The van der Waals surface area contributed by atoms with Crippen molar-refractivity contribution < 1.29 is 14.3 Å². The summed E-state index contributed by atoms with van der Waals surface area (Å²) in [6, 6.07) is 24.8. The summed E-state index contributed by atoms with van der Waals surface area (Å²) >= 11 is 1.34. The van der Waals surface area contributed by atoms with Gasteiger partial charge in [-0.3, -0.25) is 9.36 Å². The van der Waals surface area contributed by atoms with Crippen molar-refractivity contribution in [1.82, 2.24) is 14.8 Å². The van der Waals surface area contributed by atoms with Crippen molar-refractivity contribution in [3.63, 3.8) is 0 Å². The van der Waals surface area contributed by atoms with Gasteiger partial charge >= 0.3 is 0 Å². The standard InChI is InChI=1S/C25H24N4O3S/c1-28(18-9-5-4-6-10-18)23(30)17-33-25-27-26-24(21-11-7-8-12-22(21)32-3)29(25)19-13-15-20(31-2)16-14-19/h4-16H,17H2,1-3H3.